The van der Waals surface area contributed by atoms with Crippen LogP contribution in [-0.2, 0) is 9.59 Å². The predicted molar refractivity (Wildman–Crippen MR) is 113 cm³/mol. The van der Waals surface area contributed by atoms with E-state index >= 15 is 0 Å². The highest BCUT2D eigenvalue weighted by Gasteiger charge is 2.60. The fraction of sp³-hybridized carbons (Fsp3) is 0.833. The minimum atomic E-state index is -0.0470. The summed E-state index contributed by atoms with van der Waals surface area (Å²) in [6.45, 7) is 4.76. The van der Waals surface area contributed by atoms with Gasteiger partial charge in [0, 0.05) is 23.6 Å². The minimum absolute atomic E-state index is 0.0470. The normalized spacial score (nSPS) is 43.7. The molecule has 0 aromatic rings. The van der Waals surface area contributed by atoms with Crippen LogP contribution in [0.3, 0.4) is 0 Å². The topological polar surface area (TPSA) is 34.1 Å². The summed E-state index contributed by atoms with van der Waals surface area (Å²) in [5, 5.41) is 1.08. The Morgan fingerprint density at radius 1 is 1.04 bits per heavy atom. The third-order valence-corrected chi connectivity index (χ3v) is 9.73. The summed E-state index contributed by atoms with van der Waals surface area (Å²) in [5.41, 5.74) is 1.60. The molecule has 3 heteroatoms. The Morgan fingerprint density at radius 2 is 1.85 bits per heavy atom. The smallest absolute Gasteiger partial charge is 0.155 e. The summed E-state index contributed by atoms with van der Waals surface area (Å²) in [5.74, 6) is 3.36. The second-order valence-corrected chi connectivity index (χ2v) is 11.0. The standard InChI is InChI=1S/C24H35BrO2/c1-23-12-11-21-19(20(23)9-10-22(23)27)8-7-17-15-18(26)14-16(24(17,21)2)6-4-3-5-13-25/h15-16,19-21H,3-14H2,1-2H3/t16?,19-,20-,21+,23-,24-/m0/s1. The molecule has 150 valence electrons. The third-order valence-electron chi connectivity index (χ3n) is 9.17. The zero-order valence-electron chi connectivity index (χ0n) is 17.1. The number of hydrogen-bond donors (Lipinski definition) is 0. The molecule has 0 bridgehead atoms. The van der Waals surface area contributed by atoms with E-state index in [1.54, 1.807) is 0 Å². The lowest BCUT2D eigenvalue weighted by atomic mass is 9.45. The van der Waals surface area contributed by atoms with Crippen molar-refractivity contribution in [2.24, 2.45) is 34.5 Å². The molecule has 27 heavy (non-hydrogen) atoms. The first kappa shape index (κ1) is 19.9. The first-order chi connectivity index (χ1) is 12.9. The molecule has 0 aromatic heterocycles. The van der Waals surface area contributed by atoms with Crippen molar-refractivity contribution in [2.75, 3.05) is 5.33 Å². The number of carbonyl (C=O) groups excluding carboxylic acids is 2. The summed E-state index contributed by atoms with van der Waals surface area (Å²) in [6.07, 6.45) is 14.2. The molecule has 2 nitrogen and oxygen atoms in total. The van der Waals surface area contributed by atoms with E-state index in [0.717, 1.165) is 37.4 Å². The monoisotopic (exact) mass is 434 g/mol. The molecule has 0 N–H and O–H groups in total. The predicted octanol–water partition coefficient (Wildman–Crippen LogP) is 6.27. The lowest BCUT2D eigenvalue weighted by molar-refractivity contribution is -0.134. The van der Waals surface area contributed by atoms with Crippen molar-refractivity contribution in [2.45, 2.75) is 84.5 Å². The Labute approximate surface area is 173 Å². The van der Waals surface area contributed by atoms with E-state index in [1.165, 1.54) is 44.1 Å². The van der Waals surface area contributed by atoms with E-state index in [9.17, 15) is 9.59 Å². The van der Waals surface area contributed by atoms with Crippen molar-refractivity contribution in [3.05, 3.63) is 11.6 Å². The number of fused-ring (bicyclic) bond motifs is 5. The Bertz CT molecular complexity index is 653. The quantitative estimate of drug-likeness (QED) is 0.377. The summed E-state index contributed by atoms with van der Waals surface area (Å²) >= 11 is 3.54. The van der Waals surface area contributed by atoms with E-state index in [4.69, 9.17) is 0 Å². The third kappa shape index (κ3) is 3.11. The van der Waals surface area contributed by atoms with Gasteiger partial charge in [-0.1, -0.05) is 48.2 Å². The molecule has 6 atom stereocenters. The van der Waals surface area contributed by atoms with Crippen molar-refractivity contribution >= 4 is 27.5 Å². The van der Waals surface area contributed by atoms with Crippen molar-refractivity contribution < 1.29 is 9.59 Å². The lowest BCUT2D eigenvalue weighted by Crippen LogP contribution is -2.53. The van der Waals surface area contributed by atoms with Crippen LogP contribution in [0.15, 0.2) is 11.6 Å². The highest BCUT2D eigenvalue weighted by Crippen LogP contribution is 2.66. The molecule has 0 aromatic carbocycles. The van der Waals surface area contributed by atoms with Gasteiger partial charge in [-0.25, -0.2) is 0 Å². The van der Waals surface area contributed by atoms with Crippen LogP contribution in [0.2, 0.25) is 0 Å². The van der Waals surface area contributed by atoms with Gasteiger partial charge in [0.05, 0.1) is 0 Å². The van der Waals surface area contributed by atoms with Gasteiger partial charge in [-0.2, -0.15) is 0 Å². The van der Waals surface area contributed by atoms with Crippen LogP contribution in [0.1, 0.15) is 84.5 Å². The van der Waals surface area contributed by atoms with Gasteiger partial charge in [-0.15, -0.1) is 0 Å². The summed E-state index contributed by atoms with van der Waals surface area (Å²) < 4.78 is 0. The number of allylic oxidation sites excluding steroid dienone is 1. The van der Waals surface area contributed by atoms with Crippen LogP contribution >= 0.6 is 15.9 Å². The van der Waals surface area contributed by atoms with Crippen LogP contribution in [0.25, 0.3) is 0 Å². The Kier molecular flexibility index (Phi) is 5.46. The van der Waals surface area contributed by atoms with Gasteiger partial charge in [-0.3, -0.25) is 9.59 Å². The number of unbranched alkanes of at least 4 members (excludes halogenated alkanes) is 2. The van der Waals surface area contributed by atoms with Gasteiger partial charge in [0.2, 0.25) is 0 Å². The van der Waals surface area contributed by atoms with Gasteiger partial charge >= 0.3 is 0 Å². The second-order valence-electron chi connectivity index (χ2n) is 10.2. The first-order valence-electron chi connectivity index (χ1n) is 11.2. The molecular weight excluding hydrogens is 400 g/mol. The molecule has 0 amide bonds. The number of Topliss-reactive ketones (excluding diaryl/α,β-unsaturated/α-hetero) is 1. The molecule has 0 aliphatic heterocycles. The number of rotatable bonds is 5. The van der Waals surface area contributed by atoms with E-state index in [1.807, 2.05) is 6.08 Å². The fourth-order valence-electron chi connectivity index (χ4n) is 7.60. The average molecular weight is 435 g/mol. The molecule has 3 saturated carbocycles. The molecule has 3 fully saturated rings. The number of alkyl halides is 1. The Morgan fingerprint density at radius 3 is 2.63 bits per heavy atom. The lowest BCUT2D eigenvalue weighted by Gasteiger charge is -2.59. The number of ketones is 2. The highest BCUT2D eigenvalue weighted by molar-refractivity contribution is 9.09. The molecule has 0 radical (unpaired) electrons. The van der Waals surface area contributed by atoms with Gasteiger partial charge < -0.3 is 0 Å². The zero-order chi connectivity index (χ0) is 19.2. The summed E-state index contributed by atoms with van der Waals surface area (Å²) in [6, 6.07) is 0. The Hall–Kier alpha value is -0.440. The minimum Gasteiger partial charge on any atom is -0.299 e. The van der Waals surface area contributed by atoms with Gasteiger partial charge in [0.1, 0.15) is 5.78 Å². The molecule has 0 spiro atoms. The van der Waals surface area contributed by atoms with Crippen LogP contribution in [0.4, 0.5) is 0 Å². The highest BCUT2D eigenvalue weighted by atomic mass is 79.9. The average Bonchev–Trinajstić information content (AvgIpc) is 2.94. The number of carbonyl (C=O) groups is 2. The molecule has 0 saturated heterocycles. The van der Waals surface area contributed by atoms with Crippen molar-refractivity contribution in [1.82, 2.24) is 0 Å². The van der Waals surface area contributed by atoms with Crippen LogP contribution < -0.4 is 0 Å². The maximum atomic E-state index is 12.6. The molecule has 1 unspecified atom stereocenters. The van der Waals surface area contributed by atoms with Crippen molar-refractivity contribution in [3.8, 4) is 0 Å². The fourth-order valence-corrected chi connectivity index (χ4v) is 8.00. The van der Waals surface area contributed by atoms with E-state index in [-0.39, 0.29) is 10.8 Å². The van der Waals surface area contributed by atoms with E-state index in [2.05, 4.69) is 29.8 Å². The Balaban J connectivity index is 1.61. The SMILES string of the molecule is C[C@]12CC[C@@H]3[C@@H](CCC4=CC(=O)CC(CCCCCBr)[C@@]43C)[C@@H]1CCC2=O. The molecule has 4 rings (SSSR count). The zero-order valence-corrected chi connectivity index (χ0v) is 18.7. The van der Waals surface area contributed by atoms with Crippen LogP contribution in [0.5, 0.6) is 0 Å². The van der Waals surface area contributed by atoms with Crippen LogP contribution in [0, 0.1) is 34.5 Å². The van der Waals surface area contributed by atoms with Gasteiger partial charge in [0.15, 0.2) is 5.78 Å². The van der Waals surface area contributed by atoms with Crippen molar-refractivity contribution in [1.29, 1.82) is 0 Å². The largest absolute Gasteiger partial charge is 0.299 e. The summed E-state index contributed by atoms with van der Waals surface area (Å²) in [4.78, 5) is 25.1. The number of halogens is 1. The van der Waals surface area contributed by atoms with Crippen molar-refractivity contribution in [3.63, 3.8) is 0 Å². The molecule has 0 heterocycles. The van der Waals surface area contributed by atoms with E-state index in [0.29, 0.717) is 35.2 Å². The molecule has 4 aliphatic carbocycles. The van der Waals surface area contributed by atoms with E-state index < -0.39 is 0 Å². The van der Waals surface area contributed by atoms with Gasteiger partial charge in [0.25, 0.3) is 0 Å². The van der Waals surface area contributed by atoms with Crippen LogP contribution in [-0.4, -0.2) is 16.9 Å². The maximum absolute atomic E-state index is 12.6. The number of hydrogen-bond acceptors (Lipinski definition) is 2. The maximum Gasteiger partial charge on any atom is 0.155 e. The summed E-state index contributed by atoms with van der Waals surface area (Å²) in [7, 11) is 0. The van der Waals surface area contributed by atoms with Gasteiger partial charge in [-0.05, 0) is 80.1 Å². The first-order valence-corrected chi connectivity index (χ1v) is 12.4. The second kappa shape index (κ2) is 7.43. The molecular formula is C24H35BrO2. The molecule has 4 aliphatic rings.